The number of aromatic nitrogens is 3. The van der Waals surface area contributed by atoms with E-state index >= 15 is 0 Å². The minimum absolute atomic E-state index is 0.0810. The summed E-state index contributed by atoms with van der Waals surface area (Å²) in [5.74, 6) is -0.495. The number of carbonyl (C=O) groups excluding carboxylic acids is 1. The SMILES string of the molecule is CC(C)C(=O)Nc1ccc2[nH]cc([C@H](C(=O)O)N3CCN(c4ncc(Br)cn4)CC3)c2c1. The fraction of sp³-hybridized carbons (Fsp3) is 0.364. The van der Waals surface area contributed by atoms with Crippen LogP contribution < -0.4 is 10.2 Å². The number of carbonyl (C=O) groups is 2. The Morgan fingerprint density at radius 3 is 2.47 bits per heavy atom. The summed E-state index contributed by atoms with van der Waals surface area (Å²) in [4.78, 5) is 40.3. The molecule has 1 saturated heterocycles. The Kier molecular flexibility index (Phi) is 6.43. The molecule has 0 aliphatic carbocycles. The molecule has 9 nitrogen and oxygen atoms in total. The van der Waals surface area contributed by atoms with Gasteiger partial charge in [-0.2, -0.15) is 0 Å². The third-order valence-corrected chi connectivity index (χ3v) is 6.01. The van der Waals surface area contributed by atoms with E-state index in [1.54, 1.807) is 18.6 Å². The third-order valence-electron chi connectivity index (χ3n) is 5.60. The molecule has 0 spiro atoms. The molecular formula is C22H25BrN6O3. The van der Waals surface area contributed by atoms with Crippen molar-refractivity contribution in [3.05, 3.63) is 46.8 Å². The molecule has 3 aromatic rings. The van der Waals surface area contributed by atoms with Gasteiger partial charge in [0, 0.05) is 72.8 Å². The maximum absolute atomic E-state index is 12.3. The van der Waals surface area contributed by atoms with E-state index in [1.807, 2.05) is 36.9 Å². The Morgan fingerprint density at radius 1 is 1.16 bits per heavy atom. The van der Waals surface area contributed by atoms with Crippen LogP contribution in [0.25, 0.3) is 10.9 Å². The minimum Gasteiger partial charge on any atom is -0.480 e. The summed E-state index contributed by atoms with van der Waals surface area (Å²) in [5.41, 5.74) is 2.16. The van der Waals surface area contributed by atoms with Gasteiger partial charge >= 0.3 is 5.97 Å². The average molecular weight is 501 g/mol. The first-order chi connectivity index (χ1) is 15.3. The van der Waals surface area contributed by atoms with E-state index in [-0.39, 0.29) is 11.8 Å². The predicted octanol–water partition coefficient (Wildman–Crippen LogP) is 3.26. The monoisotopic (exact) mass is 500 g/mol. The molecule has 4 rings (SSSR count). The Hall–Kier alpha value is -2.98. The van der Waals surface area contributed by atoms with Crippen LogP contribution in [-0.4, -0.2) is 63.0 Å². The van der Waals surface area contributed by atoms with E-state index in [0.29, 0.717) is 43.4 Å². The molecule has 32 heavy (non-hydrogen) atoms. The maximum Gasteiger partial charge on any atom is 0.325 e. The number of carboxylic acids is 1. The van der Waals surface area contributed by atoms with Crippen molar-refractivity contribution in [1.29, 1.82) is 0 Å². The van der Waals surface area contributed by atoms with Crippen LogP contribution in [0.2, 0.25) is 0 Å². The summed E-state index contributed by atoms with van der Waals surface area (Å²) in [6.07, 6.45) is 5.16. The molecule has 0 unspecified atom stereocenters. The summed E-state index contributed by atoms with van der Waals surface area (Å²) >= 11 is 3.34. The second-order valence-corrected chi connectivity index (χ2v) is 9.03. The van der Waals surface area contributed by atoms with E-state index in [0.717, 1.165) is 15.4 Å². The van der Waals surface area contributed by atoms with Gasteiger partial charge in [0.1, 0.15) is 6.04 Å². The van der Waals surface area contributed by atoms with Crippen molar-refractivity contribution in [1.82, 2.24) is 19.9 Å². The number of nitrogens with one attached hydrogen (secondary N) is 2. The highest BCUT2D eigenvalue weighted by atomic mass is 79.9. The minimum atomic E-state index is -0.907. The van der Waals surface area contributed by atoms with Gasteiger partial charge in [-0.3, -0.25) is 14.5 Å². The average Bonchev–Trinajstić information content (AvgIpc) is 3.17. The lowest BCUT2D eigenvalue weighted by molar-refractivity contribution is -0.143. The first-order valence-electron chi connectivity index (χ1n) is 10.4. The zero-order chi connectivity index (χ0) is 22.8. The lowest BCUT2D eigenvalue weighted by Gasteiger charge is -2.37. The number of H-pyrrole nitrogens is 1. The molecule has 1 aromatic carbocycles. The van der Waals surface area contributed by atoms with Crippen molar-refractivity contribution < 1.29 is 14.7 Å². The Balaban J connectivity index is 1.56. The van der Waals surface area contributed by atoms with Crippen LogP contribution in [-0.2, 0) is 9.59 Å². The van der Waals surface area contributed by atoms with Gasteiger partial charge in [0.25, 0.3) is 0 Å². The highest BCUT2D eigenvalue weighted by Crippen LogP contribution is 2.31. The first kappa shape index (κ1) is 22.2. The number of anilines is 2. The zero-order valence-corrected chi connectivity index (χ0v) is 19.5. The quantitative estimate of drug-likeness (QED) is 0.475. The van der Waals surface area contributed by atoms with E-state index in [1.165, 1.54) is 0 Å². The van der Waals surface area contributed by atoms with E-state index < -0.39 is 12.0 Å². The molecule has 10 heteroatoms. The normalized spacial score (nSPS) is 15.8. The van der Waals surface area contributed by atoms with Gasteiger partial charge in [-0.05, 0) is 34.1 Å². The number of halogens is 1. The van der Waals surface area contributed by atoms with Crippen molar-refractivity contribution >= 4 is 50.3 Å². The van der Waals surface area contributed by atoms with Crippen LogP contribution in [0.1, 0.15) is 25.5 Å². The number of hydrogen-bond donors (Lipinski definition) is 3. The molecule has 0 bridgehead atoms. The number of rotatable bonds is 6. The molecule has 0 saturated carbocycles. The third kappa shape index (κ3) is 4.61. The Morgan fingerprint density at radius 2 is 1.84 bits per heavy atom. The number of carboxylic acid groups (broad SMARTS) is 1. The molecule has 3 N–H and O–H groups in total. The summed E-state index contributed by atoms with van der Waals surface area (Å²) < 4.78 is 0.814. The molecule has 0 radical (unpaired) electrons. The van der Waals surface area contributed by atoms with Crippen LogP contribution in [0, 0.1) is 5.92 Å². The fourth-order valence-corrected chi connectivity index (χ4v) is 4.07. The van der Waals surface area contributed by atoms with E-state index in [9.17, 15) is 14.7 Å². The van der Waals surface area contributed by atoms with Crippen LogP contribution in [0.3, 0.4) is 0 Å². The molecular weight excluding hydrogens is 476 g/mol. The predicted molar refractivity (Wildman–Crippen MR) is 126 cm³/mol. The molecule has 1 aliphatic heterocycles. The van der Waals surface area contributed by atoms with Crippen molar-refractivity contribution in [2.24, 2.45) is 5.92 Å². The topological polar surface area (TPSA) is 114 Å². The van der Waals surface area contributed by atoms with Crippen LogP contribution in [0.5, 0.6) is 0 Å². The van der Waals surface area contributed by atoms with Crippen molar-refractivity contribution in [2.45, 2.75) is 19.9 Å². The molecule has 1 aliphatic rings. The fourth-order valence-electron chi connectivity index (χ4n) is 3.87. The van der Waals surface area contributed by atoms with Crippen molar-refractivity contribution in [3.8, 4) is 0 Å². The number of aliphatic carboxylic acids is 1. The largest absolute Gasteiger partial charge is 0.480 e. The van der Waals surface area contributed by atoms with Crippen molar-refractivity contribution in [2.75, 3.05) is 36.4 Å². The van der Waals surface area contributed by atoms with Gasteiger partial charge in [0.2, 0.25) is 11.9 Å². The van der Waals surface area contributed by atoms with Crippen LogP contribution in [0.15, 0.2) is 41.3 Å². The number of hydrogen-bond acceptors (Lipinski definition) is 6. The number of amides is 1. The molecule has 1 fully saturated rings. The number of piperazine rings is 1. The summed E-state index contributed by atoms with van der Waals surface area (Å²) in [7, 11) is 0. The Bertz CT molecular complexity index is 1120. The number of benzene rings is 1. The highest BCUT2D eigenvalue weighted by molar-refractivity contribution is 9.10. The van der Waals surface area contributed by atoms with Gasteiger partial charge in [-0.25, -0.2) is 9.97 Å². The van der Waals surface area contributed by atoms with Crippen LogP contribution in [0.4, 0.5) is 11.6 Å². The van der Waals surface area contributed by atoms with Gasteiger partial charge in [-0.1, -0.05) is 13.8 Å². The summed E-state index contributed by atoms with van der Waals surface area (Å²) in [6.45, 7) is 6.04. The molecule has 3 heterocycles. The number of fused-ring (bicyclic) bond motifs is 1. The summed E-state index contributed by atoms with van der Waals surface area (Å²) in [6, 6.07) is 4.71. The maximum atomic E-state index is 12.3. The Labute approximate surface area is 194 Å². The molecule has 1 atom stereocenters. The van der Waals surface area contributed by atoms with Gasteiger partial charge in [-0.15, -0.1) is 0 Å². The standard InChI is InChI=1S/C22H25BrN6O3/c1-13(2)20(30)27-15-3-4-18-16(9-15)17(12-24-18)19(21(31)32)28-5-7-29(8-6-28)22-25-10-14(23)11-26-22/h3-4,9-13,19,24H,5-8H2,1-2H3,(H,27,30)(H,31,32)/t19-/m1/s1. The highest BCUT2D eigenvalue weighted by Gasteiger charge is 2.32. The van der Waals surface area contributed by atoms with Gasteiger partial charge in [0.05, 0.1) is 4.47 Å². The first-order valence-corrected chi connectivity index (χ1v) is 11.2. The molecule has 1 amide bonds. The van der Waals surface area contributed by atoms with Gasteiger partial charge < -0.3 is 20.3 Å². The smallest absolute Gasteiger partial charge is 0.325 e. The second kappa shape index (κ2) is 9.25. The van der Waals surface area contributed by atoms with E-state index in [2.05, 4.69) is 41.1 Å². The summed E-state index contributed by atoms with van der Waals surface area (Å²) in [5, 5.41) is 13.8. The second-order valence-electron chi connectivity index (χ2n) is 8.11. The molecule has 168 valence electrons. The number of nitrogens with zero attached hydrogens (tertiary/aromatic N) is 4. The lowest BCUT2D eigenvalue weighted by Crippen LogP contribution is -2.49. The lowest BCUT2D eigenvalue weighted by atomic mass is 10.0. The zero-order valence-electron chi connectivity index (χ0n) is 17.9. The molecule has 2 aromatic heterocycles. The number of aromatic amines is 1. The van der Waals surface area contributed by atoms with Crippen molar-refractivity contribution in [3.63, 3.8) is 0 Å². The van der Waals surface area contributed by atoms with E-state index in [4.69, 9.17) is 0 Å². The van der Waals surface area contributed by atoms with Crippen LogP contribution >= 0.6 is 15.9 Å². The van der Waals surface area contributed by atoms with Gasteiger partial charge in [0.15, 0.2) is 0 Å².